The summed E-state index contributed by atoms with van der Waals surface area (Å²) in [5.74, 6) is 1.25. The summed E-state index contributed by atoms with van der Waals surface area (Å²) in [5.41, 5.74) is 3.93. The highest BCUT2D eigenvalue weighted by atomic mass is 16.5. The molecule has 7 heteroatoms. The molecular formula is C18H15N5O2. The van der Waals surface area contributed by atoms with Crippen LogP contribution in [0, 0.1) is 0 Å². The summed E-state index contributed by atoms with van der Waals surface area (Å²) < 4.78 is 5.20. The highest BCUT2D eigenvalue weighted by Crippen LogP contribution is 2.23. The average molecular weight is 333 g/mol. The highest BCUT2D eigenvalue weighted by molar-refractivity contribution is 5.81. The summed E-state index contributed by atoms with van der Waals surface area (Å²) in [5, 5.41) is 3.14. The normalized spacial score (nSPS) is 10.8. The van der Waals surface area contributed by atoms with Gasteiger partial charge in [0, 0.05) is 29.7 Å². The maximum Gasteiger partial charge on any atom is 0.323 e. The first kappa shape index (κ1) is 14.9. The molecule has 0 aliphatic rings. The summed E-state index contributed by atoms with van der Waals surface area (Å²) in [6.07, 6.45) is 3.48. The number of fused-ring (bicyclic) bond motifs is 1. The topological polar surface area (TPSA) is 95.7 Å². The number of hydrogen-bond donors (Lipinski definition) is 3. The molecule has 2 aromatic heterocycles. The minimum Gasteiger partial charge on any atom is -0.497 e. The molecule has 2 heterocycles. The van der Waals surface area contributed by atoms with Crippen molar-refractivity contribution in [3.63, 3.8) is 0 Å². The molecule has 0 bridgehead atoms. The molecule has 0 radical (unpaired) electrons. The van der Waals surface area contributed by atoms with Crippen molar-refractivity contribution >= 4 is 22.7 Å². The first-order chi connectivity index (χ1) is 12.2. The quantitative estimate of drug-likeness (QED) is 0.533. The SMILES string of the molecule is COc1cccc(Nc2ncc(-c3ccc4[nH]c(=O)[nH]c4c3)cn2)c1. The number of nitrogens with zero attached hydrogens (tertiary/aromatic N) is 2. The number of methoxy groups -OCH3 is 1. The fourth-order valence-electron chi connectivity index (χ4n) is 2.58. The highest BCUT2D eigenvalue weighted by Gasteiger charge is 2.05. The van der Waals surface area contributed by atoms with E-state index < -0.39 is 0 Å². The van der Waals surface area contributed by atoms with E-state index in [1.165, 1.54) is 0 Å². The van der Waals surface area contributed by atoms with Crippen molar-refractivity contribution in [2.45, 2.75) is 0 Å². The predicted octanol–water partition coefficient (Wildman–Crippen LogP) is 3.07. The Balaban J connectivity index is 1.59. The van der Waals surface area contributed by atoms with Gasteiger partial charge in [0.15, 0.2) is 0 Å². The minimum absolute atomic E-state index is 0.221. The van der Waals surface area contributed by atoms with Crippen molar-refractivity contribution in [3.05, 3.63) is 65.3 Å². The van der Waals surface area contributed by atoms with Gasteiger partial charge in [-0.2, -0.15) is 0 Å². The molecule has 0 atom stereocenters. The molecule has 124 valence electrons. The molecule has 0 amide bonds. The van der Waals surface area contributed by atoms with Crippen LogP contribution in [-0.4, -0.2) is 27.0 Å². The summed E-state index contributed by atoms with van der Waals surface area (Å²) in [6, 6.07) is 13.2. The van der Waals surface area contributed by atoms with E-state index in [0.29, 0.717) is 5.95 Å². The van der Waals surface area contributed by atoms with Crippen molar-refractivity contribution in [3.8, 4) is 16.9 Å². The minimum atomic E-state index is -0.221. The average Bonchev–Trinajstić information content (AvgIpc) is 3.01. The molecule has 0 spiro atoms. The van der Waals surface area contributed by atoms with Gasteiger partial charge in [-0.3, -0.25) is 0 Å². The number of ether oxygens (including phenoxy) is 1. The van der Waals surface area contributed by atoms with Crippen LogP contribution in [0.3, 0.4) is 0 Å². The van der Waals surface area contributed by atoms with Crippen LogP contribution >= 0.6 is 0 Å². The van der Waals surface area contributed by atoms with Crippen LogP contribution in [0.25, 0.3) is 22.2 Å². The second-order valence-corrected chi connectivity index (χ2v) is 5.49. The van der Waals surface area contributed by atoms with Gasteiger partial charge in [-0.05, 0) is 29.8 Å². The van der Waals surface area contributed by atoms with Crippen LogP contribution in [-0.2, 0) is 0 Å². The summed E-state index contributed by atoms with van der Waals surface area (Å²) >= 11 is 0. The van der Waals surface area contributed by atoms with Gasteiger partial charge >= 0.3 is 5.69 Å². The van der Waals surface area contributed by atoms with Crippen molar-refractivity contribution in [1.82, 2.24) is 19.9 Å². The zero-order valence-corrected chi connectivity index (χ0v) is 13.4. The molecule has 0 unspecified atom stereocenters. The maximum absolute atomic E-state index is 11.3. The number of hydrogen-bond acceptors (Lipinski definition) is 5. The molecular weight excluding hydrogens is 318 g/mol. The van der Waals surface area contributed by atoms with E-state index in [4.69, 9.17) is 4.74 Å². The monoisotopic (exact) mass is 333 g/mol. The Kier molecular flexibility index (Phi) is 3.66. The van der Waals surface area contributed by atoms with Crippen molar-refractivity contribution in [2.75, 3.05) is 12.4 Å². The molecule has 0 aliphatic carbocycles. The maximum atomic E-state index is 11.3. The van der Waals surface area contributed by atoms with E-state index in [0.717, 1.165) is 33.6 Å². The Morgan fingerprint density at radius 1 is 0.960 bits per heavy atom. The first-order valence-electron chi connectivity index (χ1n) is 7.67. The summed E-state index contributed by atoms with van der Waals surface area (Å²) in [6.45, 7) is 0. The molecule has 4 rings (SSSR count). The van der Waals surface area contributed by atoms with Gasteiger partial charge in [0.1, 0.15) is 5.75 Å². The Morgan fingerprint density at radius 3 is 2.56 bits per heavy atom. The van der Waals surface area contributed by atoms with Crippen molar-refractivity contribution in [2.24, 2.45) is 0 Å². The molecule has 25 heavy (non-hydrogen) atoms. The molecule has 7 nitrogen and oxygen atoms in total. The van der Waals surface area contributed by atoms with E-state index in [-0.39, 0.29) is 5.69 Å². The fourth-order valence-corrected chi connectivity index (χ4v) is 2.58. The molecule has 0 aliphatic heterocycles. The predicted molar refractivity (Wildman–Crippen MR) is 96.2 cm³/mol. The standard InChI is InChI=1S/C18H15N5O2/c1-25-14-4-2-3-13(8-14)21-17-19-9-12(10-20-17)11-5-6-15-16(7-11)23-18(24)22-15/h2-10H,1H3,(H,19,20,21)(H2,22,23,24). The molecule has 0 saturated carbocycles. The second-order valence-electron chi connectivity index (χ2n) is 5.49. The molecule has 0 saturated heterocycles. The Bertz CT molecular complexity index is 1080. The number of imidazole rings is 1. The molecule has 2 aromatic carbocycles. The first-order valence-corrected chi connectivity index (χ1v) is 7.67. The number of benzene rings is 2. The second kappa shape index (κ2) is 6.12. The zero-order valence-electron chi connectivity index (χ0n) is 13.4. The number of rotatable bonds is 4. The third-order valence-corrected chi connectivity index (χ3v) is 3.83. The molecule has 0 fully saturated rings. The lowest BCUT2D eigenvalue weighted by atomic mass is 10.1. The summed E-state index contributed by atoms with van der Waals surface area (Å²) in [7, 11) is 1.62. The smallest absolute Gasteiger partial charge is 0.323 e. The Hall–Kier alpha value is -3.61. The van der Waals surface area contributed by atoms with Gasteiger partial charge < -0.3 is 20.0 Å². The Morgan fingerprint density at radius 2 is 1.76 bits per heavy atom. The van der Waals surface area contributed by atoms with Gasteiger partial charge in [0.2, 0.25) is 5.95 Å². The largest absolute Gasteiger partial charge is 0.497 e. The van der Waals surface area contributed by atoms with E-state index in [1.54, 1.807) is 19.5 Å². The number of nitrogens with one attached hydrogen (secondary N) is 3. The van der Waals surface area contributed by atoms with E-state index in [9.17, 15) is 4.79 Å². The number of H-pyrrole nitrogens is 2. The zero-order chi connectivity index (χ0) is 17.2. The number of aromatic nitrogens is 4. The van der Waals surface area contributed by atoms with E-state index >= 15 is 0 Å². The van der Waals surface area contributed by atoms with Crippen LogP contribution in [0.15, 0.2) is 59.7 Å². The lowest BCUT2D eigenvalue weighted by Crippen LogP contribution is -1.99. The van der Waals surface area contributed by atoms with Gasteiger partial charge in [-0.15, -0.1) is 0 Å². The molecule has 3 N–H and O–H groups in total. The third kappa shape index (κ3) is 3.07. The van der Waals surface area contributed by atoms with Crippen molar-refractivity contribution < 1.29 is 4.74 Å². The molecule has 4 aromatic rings. The third-order valence-electron chi connectivity index (χ3n) is 3.83. The number of anilines is 2. The van der Waals surface area contributed by atoms with Crippen LogP contribution in [0.5, 0.6) is 5.75 Å². The lowest BCUT2D eigenvalue weighted by molar-refractivity contribution is 0.415. The van der Waals surface area contributed by atoms with Crippen LogP contribution in [0.1, 0.15) is 0 Å². The van der Waals surface area contributed by atoms with Gasteiger partial charge in [0.05, 0.1) is 18.1 Å². The van der Waals surface area contributed by atoms with Crippen LogP contribution < -0.4 is 15.7 Å². The van der Waals surface area contributed by atoms with E-state index in [2.05, 4.69) is 25.3 Å². The van der Waals surface area contributed by atoms with Crippen LogP contribution in [0.4, 0.5) is 11.6 Å². The lowest BCUT2D eigenvalue weighted by Gasteiger charge is -2.07. The van der Waals surface area contributed by atoms with Gasteiger partial charge in [-0.25, -0.2) is 14.8 Å². The Labute approximate surface area is 142 Å². The van der Waals surface area contributed by atoms with Crippen LogP contribution in [0.2, 0.25) is 0 Å². The van der Waals surface area contributed by atoms with Gasteiger partial charge in [-0.1, -0.05) is 12.1 Å². The number of aromatic amines is 2. The summed E-state index contributed by atoms with van der Waals surface area (Å²) in [4.78, 5) is 25.5. The fraction of sp³-hybridized carbons (Fsp3) is 0.0556. The van der Waals surface area contributed by atoms with Crippen molar-refractivity contribution in [1.29, 1.82) is 0 Å². The van der Waals surface area contributed by atoms with E-state index in [1.807, 2.05) is 42.5 Å². The van der Waals surface area contributed by atoms with Gasteiger partial charge in [0.25, 0.3) is 0 Å².